The van der Waals surface area contributed by atoms with Crippen LogP contribution in [0.25, 0.3) is 0 Å². The van der Waals surface area contributed by atoms with Gasteiger partial charge in [0.25, 0.3) is 10.2 Å². The van der Waals surface area contributed by atoms with E-state index < -0.39 is 28.8 Å². The average molecular weight is 254 g/mol. The van der Waals surface area contributed by atoms with Crippen LogP contribution in [0.1, 0.15) is 0 Å². The minimum absolute atomic E-state index is 0.0392. The lowest BCUT2D eigenvalue weighted by molar-refractivity contribution is -0.772. The predicted molar refractivity (Wildman–Crippen MR) is 52.1 cm³/mol. The molecule has 0 saturated carbocycles. The molecule has 100 valence electrons. The van der Waals surface area contributed by atoms with Crippen LogP contribution in [0.5, 0.6) is 0 Å². The zero-order chi connectivity index (χ0) is 13.3. The molecular weight excluding hydrogens is 240 g/mol. The predicted octanol–water partition coefficient (Wildman–Crippen LogP) is -0.318. The molecule has 0 amide bonds. The van der Waals surface area contributed by atoms with Crippen LogP contribution in [0.4, 0.5) is 0 Å². The third kappa shape index (κ3) is 6.48. The minimum Gasteiger partial charge on any atom is -0.384 e. The molecule has 0 fully saturated rings. The van der Waals surface area contributed by atoms with Crippen molar-refractivity contribution in [1.82, 2.24) is 0 Å². The van der Waals surface area contributed by atoms with Gasteiger partial charge in [-0.1, -0.05) is 0 Å². The van der Waals surface area contributed by atoms with E-state index >= 15 is 0 Å². The third-order valence-electron chi connectivity index (χ3n) is 1.85. The molecule has 0 spiro atoms. The van der Waals surface area contributed by atoms with Crippen molar-refractivity contribution in [3.63, 3.8) is 0 Å². The lowest BCUT2D eigenvalue weighted by atomic mass is 9.92. The summed E-state index contributed by atoms with van der Waals surface area (Å²) in [6, 6.07) is 0. The monoisotopic (exact) mass is 254 g/mol. The van der Waals surface area contributed by atoms with Gasteiger partial charge in [-0.25, -0.2) is 0 Å². The van der Waals surface area contributed by atoms with Crippen LogP contribution in [-0.2, 0) is 19.1 Å². The number of hydrogen-bond donors (Lipinski definition) is 0. The lowest BCUT2D eigenvalue weighted by Gasteiger charge is -2.29. The molecule has 17 heavy (non-hydrogen) atoms. The molecule has 0 aliphatic carbocycles. The molecule has 0 atom stereocenters. The van der Waals surface area contributed by atoms with E-state index in [1.54, 1.807) is 0 Å². The maximum atomic E-state index is 10.1. The number of rotatable bonds is 10. The van der Waals surface area contributed by atoms with Crippen molar-refractivity contribution in [2.75, 3.05) is 40.6 Å². The van der Waals surface area contributed by atoms with Gasteiger partial charge in [0.2, 0.25) is 0 Å². The van der Waals surface area contributed by atoms with Crippen molar-refractivity contribution in [1.29, 1.82) is 0 Å². The summed E-state index contributed by atoms with van der Waals surface area (Å²) >= 11 is 0. The molecule has 0 radical (unpaired) electrons. The van der Waals surface area contributed by atoms with Crippen LogP contribution in [-0.4, -0.2) is 50.8 Å². The van der Waals surface area contributed by atoms with E-state index in [4.69, 9.17) is 9.47 Å². The number of hydrogen-bond acceptors (Lipinski definition) is 8. The fourth-order valence-electron chi connectivity index (χ4n) is 1.24. The average Bonchev–Trinajstić information content (AvgIpc) is 2.24. The zero-order valence-electron chi connectivity index (χ0n) is 9.49. The van der Waals surface area contributed by atoms with E-state index in [-0.39, 0.29) is 13.2 Å². The highest BCUT2D eigenvalue weighted by Crippen LogP contribution is 2.20. The molecule has 0 aromatic rings. The second-order valence-electron chi connectivity index (χ2n) is 3.36. The summed E-state index contributed by atoms with van der Waals surface area (Å²) in [6.45, 7) is -0.921. The lowest BCUT2D eigenvalue weighted by Crippen LogP contribution is -2.42. The molecule has 0 rings (SSSR count). The molecule has 10 heteroatoms. The Balaban J connectivity index is 4.57. The van der Waals surface area contributed by atoms with Gasteiger partial charge in [0.1, 0.15) is 13.2 Å². The van der Waals surface area contributed by atoms with E-state index in [2.05, 4.69) is 9.68 Å². The SMILES string of the molecule is COCC(COC)(CO[N+](=O)[O-])CO[N+](=O)[O-]. The van der Waals surface area contributed by atoms with Crippen molar-refractivity contribution in [3.8, 4) is 0 Å². The van der Waals surface area contributed by atoms with Crippen LogP contribution >= 0.6 is 0 Å². The second kappa shape index (κ2) is 7.57. The summed E-state index contributed by atoms with van der Waals surface area (Å²) in [5.41, 5.74) is -1.11. The Hall–Kier alpha value is -1.68. The van der Waals surface area contributed by atoms with Crippen molar-refractivity contribution in [2.24, 2.45) is 5.41 Å². The van der Waals surface area contributed by atoms with Crippen molar-refractivity contribution in [3.05, 3.63) is 20.2 Å². The summed E-state index contributed by atoms with van der Waals surface area (Å²) in [5, 5.41) is 18.3. The fraction of sp³-hybridized carbons (Fsp3) is 1.00. The molecule has 0 heterocycles. The van der Waals surface area contributed by atoms with Gasteiger partial charge < -0.3 is 19.1 Å². The van der Waals surface area contributed by atoms with Gasteiger partial charge in [-0.2, -0.15) is 0 Å². The van der Waals surface area contributed by atoms with Gasteiger partial charge in [0, 0.05) is 14.2 Å². The van der Waals surface area contributed by atoms with Crippen LogP contribution in [0.2, 0.25) is 0 Å². The van der Waals surface area contributed by atoms with Crippen LogP contribution in [0.3, 0.4) is 0 Å². The van der Waals surface area contributed by atoms with Crippen LogP contribution in [0.15, 0.2) is 0 Å². The Kier molecular flexibility index (Phi) is 6.82. The quantitative estimate of drug-likeness (QED) is 0.384. The summed E-state index contributed by atoms with van der Waals surface area (Å²) in [5.74, 6) is 0. The molecule has 0 bridgehead atoms. The van der Waals surface area contributed by atoms with Gasteiger partial charge >= 0.3 is 0 Å². The summed E-state index contributed by atoms with van der Waals surface area (Å²) < 4.78 is 9.68. The molecule has 0 saturated heterocycles. The first-order valence-electron chi connectivity index (χ1n) is 4.48. The van der Waals surface area contributed by atoms with Gasteiger partial charge in [-0.3, -0.25) is 0 Å². The van der Waals surface area contributed by atoms with Gasteiger partial charge in [-0.05, 0) is 0 Å². The molecule has 0 aliphatic heterocycles. The van der Waals surface area contributed by atoms with Crippen molar-refractivity contribution in [2.45, 2.75) is 0 Å². The minimum atomic E-state index is -1.11. The number of ether oxygens (including phenoxy) is 2. The normalized spacial score (nSPS) is 10.9. The maximum Gasteiger partial charge on any atom is 0.294 e. The van der Waals surface area contributed by atoms with Crippen LogP contribution < -0.4 is 0 Å². The first-order chi connectivity index (χ1) is 7.95. The Bertz CT molecular complexity index is 232. The van der Waals surface area contributed by atoms with Gasteiger partial charge in [0.15, 0.2) is 0 Å². The Morgan fingerprint density at radius 3 is 1.47 bits per heavy atom. The Labute approximate surface area is 96.6 Å². The largest absolute Gasteiger partial charge is 0.384 e. The maximum absolute atomic E-state index is 10.1. The molecule has 0 aliphatic rings. The molecule has 10 nitrogen and oxygen atoms in total. The zero-order valence-corrected chi connectivity index (χ0v) is 9.49. The second-order valence-corrected chi connectivity index (χ2v) is 3.36. The first-order valence-corrected chi connectivity index (χ1v) is 4.48. The first kappa shape index (κ1) is 15.3. The fourth-order valence-corrected chi connectivity index (χ4v) is 1.24. The Morgan fingerprint density at radius 2 is 1.24 bits per heavy atom. The van der Waals surface area contributed by atoms with Gasteiger partial charge in [0.05, 0.1) is 18.6 Å². The molecule has 0 unspecified atom stereocenters. The highest BCUT2D eigenvalue weighted by molar-refractivity contribution is 4.77. The Morgan fingerprint density at radius 1 is 0.882 bits per heavy atom. The molecule has 0 N–H and O–H groups in total. The molecule has 0 aromatic heterocycles. The van der Waals surface area contributed by atoms with Crippen molar-refractivity contribution < 1.29 is 29.3 Å². The summed E-state index contributed by atoms with van der Waals surface area (Å²) in [6.07, 6.45) is 0. The van der Waals surface area contributed by atoms with Gasteiger partial charge in [-0.15, -0.1) is 20.2 Å². The smallest absolute Gasteiger partial charge is 0.294 e. The molecular formula is C7H14N2O8. The van der Waals surface area contributed by atoms with E-state index in [9.17, 15) is 20.2 Å². The number of nitrogens with zero attached hydrogens (tertiary/aromatic N) is 2. The highest BCUT2D eigenvalue weighted by atomic mass is 17.0. The van der Waals surface area contributed by atoms with E-state index in [0.29, 0.717) is 0 Å². The number of methoxy groups -OCH3 is 2. The highest BCUT2D eigenvalue weighted by Gasteiger charge is 2.34. The van der Waals surface area contributed by atoms with Crippen molar-refractivity contribution >= 4 is 0 Å². The summed E-state index contributed by atoms with van der Waals surface area (Å²) in [7, 11) is 2.70. The van der Waals surface area contributed by atoms with E-state index in [0.717, 1.165) is 0 Å². The van der Waals surface area contributed by atoms with E-state index in [1.165, 1.54) is 14.2 Å². The van der Waals surface area contributed by atoms with Crippen LogP contribution in [0, 0.1) is 25.6 Å². The summed E-state index contributed by atoms with van der Waals surface area (Å²) in [4.78, 5) is 28.6. The molecule has 0 aromatic carbocycles. The third-order valence-corrected chi connectivity index (χ3v) is 1.85. The topological polar surface area (TPSA) is 123 Å². The standard InChI is InChI=1S/C7H14N2O8/c1-14-3-7(4-15-2,5-16-8(10)11)6-17-9(12)13/h3-6H2,1-2H3. The van der Waals surface area contributed by atoms with E-state index in [1.807, 2.05) is 0 Å².